The minimum atomic E-state index is -0.671. The number of benzene rings is 2. The van der Waals surface area contributed by atoms with Crippen LogP contribution in [0.2, 0.25) is 5.02 Å². The lowest BCUT2D eigenvalue weighted by molar-refractivity contribution is 0.0130. The molecule has 0 saturated carbocycles. The SMILES string of the molecule is C[C@@H]1CN(c2nc(=O)n3c4c(c(-c5c(O)cccc5F)c(Cl)cc24)OC[C@@H]3CN(C)C)[C@@H](C)CN1C(=O)OC(C)(C)C. The monoisotopic (exact) mass is 601 g/mol. The van der Waals surface area contributed by atoms with E-state index in [0.29, 0.717) is 36.4 Å². The van der Waals surface area contributed by atoms with Gasteiger partial charge in [0.05, 0.1) is 27.7 Å². The summed E-state index contributed by atoms with van der Waals surface area (Å²) in [5.41, 5.74) is -0.609. The maximum Gasteiger partial charge on any atom is 0.410 e. The van der Waals surface area contributed by atoms with Crippen LogP contribution in [0.5, 0.6) is 11.5 Å². The Balaban J connectivity index is 1.70. The lowest BCUT2D eigenvalue weighted by Crippen LogP contribution is -2.59. The molecule has 1 N–H and O–H groups in total. The molecule has 5 rings (SSSR count). The Kier molecular flexibility index (Phi) is 7.78. The van der Waals surface area contributed by atoms with Gasteiger partial charge in [0.1, 0.15) is 29.6 Å². The largest absolute Gasteiger partial charge is 0.507 e. The average molecular weight is 602 g/mol. The van der Waals surface area contributed by atoms with Crippen molar-refractivity contribution in [3.8, 4) is 22.6 Å². The molecule has 1 fully saturated rings. The number of nitrogens with zero attached hydrogens (tertiary/aromatic N) is 5. The smallest absolute Gasteiger partial charge is 0.410 e. The van der Waals surface area contributed by atoms with Crippen LogP contribution in [-0.4, -0.2) is 88.6 Å². The van der Waals surface area contributed by atoms with E-state index in [0.717, 1.165) is 0 Å². The fourth-order valence-electron chi connectivity index (χ4n) is 5.82. The summed E-state index contributed by atoms with van der Waals surface area (Å²) in [4.78, 5) is 36.9. The first-order valence-corrected chi connectivity index (χ1v) is 14.4. The van der Waals surface area contributed by atoms with Gasteiger partial charge >= 0.3 is 11.8 Å². The normalized spacial score (nSPS) is 20.7. The second-order valence-electron chi connectivity index (χ2n) is 12.4. The molecule has 42 heavy (non-hydrogen) atoms. The molecular formula is C30H37ClFN5O5. The highest BCUT2D eigenvalue weighted by molar-refractivity contribution is 6.35. The molecule has 3 atom stereocenters. The van der Waals surface area contributed by atoms with E-state index in [-0.39, 0.29) is 52.4 Å². The number of hydrogen-bond acceptors (Lipinski definition) is 8. The van der Waals surface area contributed by atoms with Crippen molar-refractivity contribution in [3.63, 3.8) is 0 Å². The van der Waals surface area contributed by atoms with Crippen LogP contribution in [0.3, 0.4) is 0 Å². The van der Waals surface area contributed by atoms with Crippen LogP contribution < -0.4 is 15.3 Å². The standard InChI is InChI=1S/C30H37ClFN5O5/c1-16-13-36(29(40)42-30(3,4)5)17(2)12-35(16)27-19-11-20(31)23(24-21(32)9-8-10-22(24)38)26-25(19)37(28(39)33-27)18(15-41-26)14-34(6)7/h8-11,16-18,38H,12-15H2,1-7H3/t16-,17+,18-/m0/s1. The number of carbonyl (C=O) groups excluding carboxylic acids is 1. The van der Waals surface area contributed by atoms with Gasteiger partial charge in [-0.2, -0.15) is 4.98 Å². The number of aromatic hydroxyl groups is 1. The van der Waals surface area contributed by atoms with Crippen molar-refractivity contribution >= 4 is 34.4 Å². The molecule has 0 radical (unpaired) electrons. The lowest BCUT2D eigenvalue weighted by Gasteiger charge is -2.45. The number of likely N-dealkylation sites (N-methyl/N-ethyl adjacent to an activating group) is 1. The molecule has 1 aromatic heterocycles. The molecule has 0 unspecified atom stereocenters. The van der Waals surface area contributed by atoms with E-state index >= 15 is 4.39 Å². The van der Waals surface area contributed by atoms with Crippen molar-refractivity contribution in [1.82, 2.24) is 19.4 Å². The Morgan fingerprint density at radius 1 is 1.21 bits per heavy atom. The summed E-state index contributed by atoms with van der Waals surface area (Å²) in [5, 5.41) is 11.3. The zero-order valence-electron chi connectivity index (χ0n) is 24.9. The van der Waals surface area contributed by atoms with Crippen LogP contribution in [0.1, 0.15) is 40.7 Å². The number of aromatic nitrogens is 2. The number of rotatable bonds is 4. The van der Waals surface area contributed by atoms with Crippen LogP contribution in [0.15, 0.2) is 29.1 Å². The zero-order chi connectivity index (χ0) is 30.7. The quantitative estimate of drug-likeness (QED) is 0.451. The van der Waals surface area contributed by atoms with E-state index in [1.54, 1.807) is 15.5 Å². The molecule has 2 aromatic carbocycles. The Bertz CT molecular complexity index is 1580. The Hall–Kier alpha value is -3.57. The summed E-state index contributed by atoms with van der Waals surface area (Å²) in [6.45, 7) is 10.7. The summed E-state index contributed by atoms with van der Waals surface area (Å²) in [6, 6.07) is 4.83. The summed E-state index contributed by atoms with van der Waals surface area (Å²) < 4.78 is 28.6. The van der Waals surface area contributed by atoms with E-state index in [4.69, 9.17) is 21.1 Å². The maximum absolute atomic E-state index is 15.1. The van der Waals surface area contributed by atoms with Crippen LogP contribution in [0, 0.1) is 5.82 Å². The molecule has 226 valence electrons. The average Bonchev–Trinajstić information content (AvgIpc) is 2.87. The highest BCUT2D eigenvalue weighted by atomic mass is 35.5. The summed E-state index contributed by atoms with van der Waals surface area (Å²) in [5.74, 6) is -0.358. The topological polar surface area (TPSA) is 100 Å². The van der Waals surface area contributed by atoms with Gasteiger partial charge < -0.3 is 29.3 Å². The minimum Gasteiger partial charge on any atom is -0.507 e. The predicted octanol–water partition coefficient (Wildman–Crippen LogP) is 4.89. The molecule has 0 spiro atoms. The molecule has 1 amide bonds. The van der Waals surface area contributed by atoms with Crippen LogP contribution in [0.4, 0.5) is 15.0 Å². The number of amides is 1. The van der Waals surface area contributed by atoms with Gasteiger partial charge in [0, 0.05) is 37.1 Å². The first-order valence-electron chi connectivity index (χ1n) is 14.0. The van der Waals surface area contributed by atoms with E-state index < -0.39 is 23.2 Å². The van der Waals surface area contributed by atoms with Crippen molar-refractivity contribution in [2.75, 3.05) is 45.2 Å². The molecule has 10 nitrogen and oxygen atoms in total. The van der Waals surface area contributed by atoms with Crippen molar-refractivity contribution in [2.45, 2.75) is 58.3 Å². The second-order valence-corrected chi connectivity index (χ2v) is 12.8. The third-order valence-corrected chi connectivity index (χ3v) is 7.88. The highest BCUT2D eigenvalue weighted by Crippen LogP contribution is 2.49. The molecule has 12 heteroatoms. The second kappa shape index (κ2) is 10.9. The number of carbonyl (C=O) groups is 1. The molecule has 3 aromatic rings. The highest BCUT2D eigenvalue weighted by Gasteiger charge is 2.38. The summed E-state index contributed by atoms with van der Waals surface area (Å²) in [7, 11) is 3.80. The number of hydrogen-bond donors (Lipinski definition) is 1. The Morgan fingerprint density at radius 2 is 1.93 bits per heavy atom. The van der Waals surface area contributed by atoms with Gasteiger partial charge in [0.25, 0.3) is 0 Å². The van der Waals surface area contributed by atoms with Crippen molar-refractivity contribution in [3.05, 3.63) is 45.6 Å². The molecule has 0 aliphatic carbocycles. The number of halogens is 2. The fourth-order valence-corrected chi connectivity index (χ4v) is 6.11. The number of ether oxygens (including phenoxy) is 2. The van der Waals surface area contributed by atoms with Gasteiger partial charge in [-0.25, -0.2) is 14.0 Å². The lowest BCUT2D eigenvalue weighted by atomic mass is 9.98. The number of piperazine rings is 1. The first-order chi connectivity index (χ1) is 19.7. The van der Waals surface area contributed by atoms with Crippen molar-refractivity contribution < 1.29 is 23.8 Å². The number of phenolic OH excluding ortho intramolecular Hbond substituents is 1. The fraction of sp³-hybridized carbons (Fsp3) is 0.500. The third-order valence-electron chi connectivity index (χ3n) is 7.59. The van der Waals surface area contributed by atoms with Gasteiger partial charge in [-0.15, -0.1) is 0 Å². The molecule has 0 bridgehead atoms. The van der Waals surface area contributed by atoms with Gasteiger partial charge in [0.2, 0.25) is 0 Å². The summed E-state index contributed by atoms with van der Waals surface area (Å²) >= 11 is 6.84. The van der Waals surface area contributed by atoms with Gasteiger partial charge in [0.15, 0.2) is 5.75 Å². The maximum atomic E-state index is 15.1. The van der Waals surface area contributed by atoms with Gasteiger partial charge in [-0.1, -0.05) is 17.7 Å². The molecule has 3 heterocycles. The zero-order valence-corrected chi connectivity index (χ0v) is 25.7. The van der Waals surface area contributed by atoms with Gasteiger partial charge in [-0.05, 0) is 66.9 Å². The van der Waals surface area contributed by atoms with Crippen LogP contribution in [-0.2, 0) is 4.74 Å². The predicted molar refractivity (Wildman–Crippen MR) is 160 cm³/mol. The van der Waals surface area contributed by atoms with Crippen molar-refractivity contribution in [1.29, 1.82) is 0 Å². The number of phenols is 1. The first kappa shape index (κ1) is 29.9. The van der Waals surface area contributed by atoms with Crippen LogP contribution in [0.25, 0.3) is 22.0 Å². The summed E-state index contributed by atoms with van der Waals surface area (Å²) in [6.07, 6.45) is -0.399. The molecule has 2 aliphatic heterocycles. The van der Waals surface area contributed by atoms with E-state index in [1.807, 2.05) is 58.5 Å². The van der Waals surface area contributed by atoms with E-state index in [9.17, 15) is 14.7 Å². The Morgan fingerprint density at radius 3 is 2.57 bits per heavy atom. The van der Waals surface area contributed by atoms with Crippen molar-refractivity contribution in [2.24, 2.45) is 0 Å². The van der Waals surface area contributed by atoms with Gasteiger partial charge in [-0.3, -0.25) is 4.57 Å². The minimum absolute atomic E-state index is 0.101. The number of anilines is 1. The molecule has 1 saturated heterocycles. The molecular weight excluding hydrogens is 565 g/mol. The third kappa shape index (κ3) is 5.35. The van der Waals surface area contributed by atoms with Crippen LogP contribution >= 0.6 is 11.6 Å². The molecule has 2 aliphatic rings. The van der Waals surface area contributed by atoms with E-state index in [1.165, 1.54) is 18.2 Å². The van der Waals surface area contributed by atoms with E-state index in [2.05, 4.69) is 4.98 Å². The Labute approximate surface area is 249 Å².